The number of aliphatic hydroxyl groups excluding tert-OH is 1. The van der Waals surface area contributed by atoms with E-state index in [0.717, 1.165) is 0 Å². The quantitative estimate of drug-likeness (QED) is 0.319. The van der Waals surface area contributed by atoms with Crippen LogP contribution in [0.3, 0.4) is 0 Å². The molecule has 8 heteroatoms. The first-order valence-electron chi connectivity index (χ1n) is 11.7. The van der Waals surface area contributed by atoms with Crippen LogP contribution in [0.5, 0.6) is 5.75 Å². The first-order valence-corrected chi connectivity index (χ1v) is 12.9. The lowest BCUT2D eigenvalue weighted by Crippen LogP contribution is -2.42. The Hall–Kier alpha value is -3.25. The number of Topliss-reactive ketones (excluding diaryl/α,β-unsaturated/α-hetero) is 1. The number of nitrogens with one attached hydrogen (secondary N) is 1. The van der Waals surface area contributed by atoms with E-state index in [9.17, 15) is 15.3 Å². The molecular weight excluding hydrogens is 531 g/mol. The second kappa shape index (κ2) is 10.3. The maximum atomic E-state index is 13.6. The predicted molar refractivity (Wildman–Crippen MR) is 149 cm³/mol. The van der Waals surface area contributed by atoms with Gasteiger partial charge in [0.1, 0.15) is 17.3 Å². The molecule has 2 N–H and O–H groups in total. The van der Waals surface area contributed by atoms with Crippen molar-refractivity contribution in [1.82, 2.24) is 0 Å². The molecule has 1 atom stereocenters. The van der Waals surface area contributed by atoms with E-state index < -0.39 is 5.92 Å². The highest BCUT2D eigenvalue weighted by Crippen LogP contribution is 2.50. The Bertz CT molecular complexity index is 1480. The number of ketones is 1. The summed E-state index contributed by atoms with van der Waals surface area (Å²) in [5.74, 6) is -0.304. The molecule has 5 rings (SSSR count). The van der Waals surface area contributed by atoms with Crippen LogP contribution in [0.25, 0.3) is 5.76 Å². The number of amidine groups is 1. The highest BCUT2D eigenvalue weighted by Gasteiger charge is 2.44. The van der Waals surface area contributed by atoms with Crippen LogP contribution >= 0.6 is 34.8 Å². The average Bonchev–Trinajstić information content (AvgIpc) is 2.89. The molecule has 1 aliphatic carbocycles. The number of nitrogens with zero attached hydrogens (tertiary/aromatic N) is 1. The predicted octanol–water partition coefficient (Wildman–Crippen LogP) is 8.21. The molecule has 0 spiro atoms. The maximum absolute atomic E-state index is 13.6. The van der Waals surface area contributed by atoms with Gasteiger partial charge in [-0.3, -0.25) is 15.1 Å². The van der Waals surface area contributed by atoms with Gasteiger partial charge in [-0.15, -0.1) is 0 Å². The van der Waals surface area contributed by atoms with E-state index in [4.69, 9.17) is 39.5 Å². The topological polar surface area (TPSA) is 73.6 Å². The van der Waals surface area contributed by atoms with Crippen molar-refractivity contribution in [2.45, 2.75) is 25.2 Å². The number of aliphatic hydroxyl groups is 1. The molecule has 188 valence electrons. The van der Waals surface area contributed by atoms with Crippen molar-refractivity contribution in [3.63, 3.8) is 0 Å². The zero-order chi connectivity index (χ0) is 26.3. The zero-order valence-corrected chi connectivity index (χ0v) is 22.2. The van der Waals surface area contributed by atoms with Crippen molar-refractivity contribution < 1.29 is 14.6 Å². The smallest absolute Gasteiger partial charge is 0.161 e. The number of ether oxygens (including phenoxy) is 1. The van der Waals surface area contributed by atoms with Crippen LogP contribution in [0.2, 0.25) is 15.1 Å². The number of allylic oxidation sites excluding steroid dienone is 2. The fourth-order valence-electron chi connectivity index (χ4n) is 5.04. The van der Waals surface area contributed by atoms with E-state index in [1.165, 1.54) is 0 Å². The van der Waals surface area contributed by atoms with Crippen molar-refractivity contribution in [3.05, 3.63) is 110 Å². The lowest BCUT2D eigenvalue weighted by molar-refractivity contribution is -0.116. The van der Waals surface area contributed by atoms with Gasteiger partial charge in [0, 0.05) is 44.8 Å². The summed E-state index contributed by atoms with van der Waals surface area (Å²) >= 11 is 19.5. The van der Waals surface area contributed by atoms with Crippen LogP contribution in [0.15, 0.2) is 83.6 Å². The first-order chi connectivity index (χ1) is 17.8. The van der Waals surface area contributed by atoms with E-state index in [2.05, 4.69) is 0 Å². The van der Waals surface area contributed by atoms with Crippen LogP contribution in [-0.4, -0.2) is 23.8 Å². The molecule has 0 fully saturated rings. The molecule has 0 saturated carbocycles. The third-order valence-corrected chi connectivity index (χ3v) is 7.62. The zero-order valence-electron chi connectivity index (χ0n) is 19.9. The second-order valence-corrected chi connectivity index (χ2v) is 10.1. The van der Waals surface area contributed by atoms with Crippen LogP contribution in [0.4, 0.5) is 5.69 Å². The van der Waals surface area contributed by atoms with Crippen LogP contribution < -0.4 is 9.64 Å². The van der Waals surface area contributed by atoms with Crippen molar-refractivity contribution >= 4 is 57.9 Å². The monoisotopic (exact) mass is 552 g/mol. The number of hydrogen-bond donors (Lipinski definition) is 2. The number of halogens is 3. The van der Waals surface area contributed by atoms with Gasteiger partial charge in [-0.2, -0.15) is 0 Å². The number of para-hydroxylation sites is 1. The number of carbonyl (C=O) groups is 1. The first kappa shape index (κ1) is 25.4. The van der Waals surface area contributed by atoms with Crippen LogP contribution in [0.1, 0.15) is 36.3 Å². The SMILES string of the molecule is COc1ccc(/C(O)=C2\C(=N)N(c3ccccc3Cl)C3=C(C(=O)CCC3)C2c2ccc(Cl)cc2Cl)cc1. The Balaban J connectivity index is 1.85. The van der Waals surface area contributed by atoms with Crippen molar-refractivity contribution in [2.24, 2.45) is 0 Å². The molecule has 0 saturated heterocycles. The summed E-state index contributed by atoms with van der Waals surface area (Å²) in [7, 11) is 1.56. The van der Waals surface area contributed by atoms with E-state index in [0.29, 0.717) is 68.2 Å². The van der Waals surface area contributed by atoms with Gasteiger partial charge in [-0.25, -0.2) is 0 Å². The number of anilines is 1. The third kappa shape index (κ3) is 4.52. The molecule has 1 unspecified atom stereocenters. The summed E-state index contributed by atoms with van der Waals surface area (Å²) in [6, 6.07) is 19.1. The van der Waals surface area contributed by atoms with Gasteiger partial charge < -0.3 is 9.84 Å². The van der Waals surface area contributed by atoms with E-state index in [1.54, 1.807) is 66.6 Å². The highest BCUT2D eigenvalue weighted by atomic mass is 35.5. The van der Waals surface area contributed by atoms with Gasteiger partial charge in [0.15, 0.2) is 5.78 Å². The summed E-state index contributed by atoms with van der Waals surface area (Å²) in [5.41, 5.74) is 3.08. The normalized spacial score (nSPS) is 19.1. The van der Waals surface area contributed by atoms with Gasteiger partial charge in [-0.1, -0.05) is 53.0 Å². The summed E-state index contributed by atoms with van der Waals surface area (Å²) in [5, 5.41) is 22.3. The Morgan fingerprint density at radius 1 is 1.00 bits per heavy atom. The molecule has 2 aliphatic rings. The average molecular weight is 554 g/mol. The molecule has 3 aromatic rings. The summed E-state index contributed by atoms with van der Waals surface area (Å²) in [4.78, 5) is 15.3. The minimum Gasteiger partial charge on any atom is -0.507 e. The number of methoxy groups -OCH3 is 1. The minimum atomic E-state index is -0.763. The van der Waals surface area contributed by atoms with Gasteiger partial charge in [-0.05, 0) is 66.9 Å². The van der Waals surface area contributed by atoms with Crippen LogP contribution in [-0.2, 0) is 4.79 Å². The number of benzene rings is 3. The highest BCUT2D eigenvalue weighted by molar-refractivity contribution is 6.36. The van der Waals surface area contributed by atoms with E-state index >= 15 is 0 Å². The molecule has 1 heterocycles. The maximum Gasteiger partial charge on any atom is 0.161 e. The molecule has 5 nitrogen and oxygen atoms in total. The molecule has 0 bridgehead atoms. The third-order valence-electron chi connectivity index (χ3n) is 6.74. The van der Waals surface area contributed by atoms with Crippen LogP contribution in [0, 0.1) is 5.41 Å². The van der Waals surface area contributed by atoms with Crippen molar-refractivity contribution in [2.75, 3.05) is 12.0 Å². The van der Waals surface area contributed by atoms with Crippen molar-refractivity contribution in [1.29, 1.82) is 5.41 Å². The lowest BCUT2D eigenvalue weighted by atomic mass is 9.73. The van der Waals surface area contributed by atoms with Gasteiger partial charge >= 0.3 is 0 Å². The minimum absolute atomic E-state index is 0.0193. The Morgan fingerprint density at radius 3 is 2.41 bits per heavy atom. The molecule has 0 amide bonds. The number of rotatable bonds is 4. The molecular formula is C29H23Cl3N2O3. The Kier molecular flexibility index (Phi) is 7.04. The lowest BCUT2D eigenvalue weighted by Gasteiger charge is -2.42. The fourth-order valence-corrected chi connectivity index (χ4v) is 5.78. The number of hydrogen-bond acceptors (Lipinski definition) is 4. The van der Waals surface area contributed by atoms with Gasteiger partial charge in [0.05, 0.1) is 17.8 Å². The summed E-state index contributed by atoms with van der Waals surface area (Å²) < 4.78 is 5.26. The number of carbonyl (C=O) groups excluding carboxylic acids is 1. The standard InChI is InChI=1S/C29H23Cl3N2O3/c1-37-18-12-9-16(10-13-18)28(36)27-25(19-14-11-17(30)15-21(19)32)26-23(7-4-8-24(26)35)34(29(27)33)22-6-3-2-5-20(22)31/h2-3,5-6,9-15,25,33,36H,4,7-8H2,1H3/b28-27+,33-29?. The molecule has 0 radical (unpaired) electrons. The Labute approximate surface area is 230 Å². The van der Waals surface area contributed by atoms with E-state index in [1.807, 2.05) is 12.1 Å². The Morgan fingerprint density at radius 2 is 1.73 bits per heavy atom. The van der Waals surface area contributed by atoms with E-state index in [-0.39, 0.29) is 23.0 Å². The largest absolute Gasteiger partial charge is 0.507 e. The van der Waals surface area contributed by atoms with Crippen molar-refractivity contribution in [3.8, 4) is 5.75 Å². The molecule has 37 heavy (non-hydrogen) atoms. The second-order valence-electron chi connectivity index (χ2n) is 8.86. The summed E-state index contributed by atoms with van der Waals surface area (Å²) in [6.07, 6.45) is 1.59. The fraction of sp³-hybridized carbons (Fsp3) is 0.172. The van der Waals surface area contributed by atoms with Gasteiger partial charge in [0.25, 0.3) is 0 Å². The molecule has 3 aromatic carbocycles. The molecule has 1 aliphatic heterocycles. The molecule has 0 aromatic heterocycles. The van der Waals surface area contributed by atoms with Gasteiger partial charge in [0.2, 0.25) is 0 Å². The summed E-state index contributed by atoms with van der Waals surface area (Å²) in [6.45, 7) is 0.